The zero-order valence-electron chi connectivity index (χ0n) is 5.44. The minimum atomic E-state index is -1.58. The highest BCUT2D eigenvalue weighted by molar-refractivity contribution is 5.05. The number of rotatable bonds is 1. The first-order valence-electron chi connectivity index (χ1n) is 2.57. The van der Waals surface area contributed by atoms with Gasteiger partial charge >= 0.3 is 0 Å². The molecule has 0 fully saturated rings. The van der Waals surface area contributed by atoms with Crippen LogP contribution in [0.15, 0.2) is 0 Å². The SMILES string of the molecule is COc1nc(F)c(F)nc1F. The van der Waals surface area contributed by atoms with Crippen molar-refractivity contribution in [2.75, 3.05) is 7.11 Å². The fourth-order valence-corrected chi connectivity index (χ4v) is 0.491. The third kappa shape index (κ3) is 1.39. The summed E-state index contributed by atoms with van der Waals surface area (Å²) in [6.45, 7) is 0. The smallest absolute Gasteiger partial charge is 0.278 e. The van der Waals surface area contributed by atoms with Gasteiger partial charge in [0.05, 0.1) is 7.11 Å². The monoisotopic (exact) mass is 164 g/mol. The van der Waals surface area contributed by atoms with Crippen LogP contribution in [0.25, 0.3) is 0 Å². The van der Waals surface area contributed by atoms with Crippen LogP contribution in [-0.4, -0.2) is 17.1 Å². The molecule has 1 heterocycles. The first-order valence-corrected chi connectivity index (χ1v) is 2.57. The van der Waals surface area contributed by atoms with Gasteiger partial charge in [-0.3, -0.25) is 0 Å². The molecule has 1 rings (SSSR count). The van der Waals surface area contributed by atoms with E-state index in [1.807, 2.05) is 0 Å². The molecule has 0 saturated carbocycles. The van der Waals surface area contributed by atoms with E-state index in [-0.39, 0.29) is 0 Å². The van der Waals surface area contributed by atoms with E-state index in [1.54, 1.807) is 0 Å². The van der Waals surface area contributed by atoms with Crippen LogP contribution in [0, 0.1) is 17.8 Å². The van der Waals surface area contributed by atoms with Crippen molar-refractivity contribution in [3.8, 4) is 5.88 Å². The standard InChI is InChI=1S/C5H3F3N2O/c1-11-5-4(8)9-2(6)3(7)10-5/h1H3. The number of hydrogen-bond donors (Lipinski definition) is 0. The molecule has 0 aliphatic heterocycles. The molecule has 6 heteroatoms. The van der Waals surface area contributed by atoms with E-state index in [0.29, 0.717) is 0 Å². The normalized spacial score (nSPS) is 9.82. The van der Waals surface area contributed by atoms with E-state index in [4.69, 9.17) is 0 Å². The number of aromatic nitrogens is 2. The molecule has 0 unspecified atom stereocenters. The predicted molar refractivity (Wildman–Crippen MR) is 28.5 cm³/mol. The molecule has 0 amide bonds. The van der Waals surface area contributed by atoms with Crippen molar-refractivity contribution in [1.29, 1.82) is 0 Å². The first kappa shape index (κ1) is 7.77. The van der Waals surface area contributed by atoms with Gasteiger partial charge in [0.1, 0.15) is 0 Å². The van der Waals surface area contributed by atoms with Gasteiger partial charge in [-0.1, -0.05) is 0 Å². The molecule has 1 aromatic heterocycles. The first-order chi connectivity index (χ1) is 5.15. The Morgan fingerprint density at radius 3 is 2.09 bits per heavy atom. The summed E-state index contributed by atoms with van der Waals surface area (Å²) in [5.41, 5.74) is 0. The zero-order valence-corrected chi connectivity index (χ0v) is 5.44. The summed E-state index contributed by atoms with van der Waals surface area (Å²) in [5.74, 6) is -5.00. The average Bonchev–Trinajstić information content (AvgIpc) is 1.97. The Bertz CT molecular complexity index is 279. The Hall–Kier alpha value is -1.33. The molecule has 0 aliphatic rings. The molecule has 60 valence electrons. The van der Waals surface area contributed by atoms with Crippen LogP contribution in [0.1, 0.15) is 0 Å². The molecule has 0 aromatic carbocycles. The predicted octanol–water partition coefficient (Wildman–Crippen LogP) is 0.902. The Balaban J connectivity index is 3.21. The summed E-state index contributed by atoms with van der Waals surface area (Å²) in [5, 5.41) is 0. The molecule has 0 atom stereocenters. The Labute approximate surface area is 59.8 Å². The van der Waals surface area contributed by atoms with Gasteiger partial charge in [-0.05, 0) is 0 Å². The van der Waals surface area contributed by atoms with Gasteiger partial charge in [-0.25, -0.2) is 0 Å². The van der Waals surface area contributed by atoms with E-state index in [1.165, 1.54) is 0 Å². The van der Waals surface area contributed by atoms with Gasteiger partial charge in [0.15, 0.2) is 0 Å². The number of hydrogen-bond acceptors (Lipinski definition) is 3. The highest BCUT2D eigenvalue weighted by Gasteiger charge is 2.12. The molecule has 3 nitrogen and oxygen atoms in total. The van der Waals surface area contributed by atoms with Crippen molar-refractivity contribution >= 4 is 0 Å². The molecule has 0 aliphatic carbocycles. The second-order valence-corrected chi connectivity index (χ2v) is 1.61. The van der Waals surface area contributed by atoms with Crippen molar-refractivity contribution in [2.45, 2.75) is 0 Å². The maximum atomic E-state index is 12.3. The Morgan fingerprint density at radius 2 is 1.55 bits per heavy atom. The lowest BCUT2D eigenvalue weighted by Crippen LogP contribution is -2.01. The molecule has 0 bridgehead atoms. The van der Waals surface area contributed by atoms with E-state index in [9.17, 15) is 13.2 Å². The molecule has 0 radical (unpaired) electrons. The minimum Gasteiger partial charge on any atom is -0.478 e. The summed E-state index contributed by atoms with van der Waals surface area (Å²) >= 11 is 0. The molecule has 0 N–H and O–H groups in total. The maximum Gasteiger partial charge on any atom is 0.278 e. The van der Waals surface area contributed by atoms with Crippen molar-refractivity contribution in [3.05, 3.63) is 17.8 Å². The minimum absolute atomic E-state index is 0.663. The third-order valence-electron chi connectivity index (χ3n) is 0.936. The molecule has 0 saturated heterocycles. The van der Waals surface area contributed by atoms with Crippen molar-refractivity contribution in [1.82, 2.24) is 9.97 Å². The summed E-state index contributed by atoms with van der Waals surface area (Å²) in [6, 6.07) is 0. The Morgan fingerprint density at radius 1 is 1.00 bits per heavy atom. The van der Waals surface area contributed by atoms with Crippen LogP contribution in [0.5, 0.6) is 5.88 Å². The molecular weight excluding hydrogens is 161 g/mol. The molecular formula is C5H3F3N2O. The van der Waals surface area contributed by atoms with Crippen LogP contribution in [0.4, 0.5) is 13.2 Å². The van der Waals surface area contributed by atoms with E-state index < -0.39 is 23.7 Å². The maximum absolute atomic E-state index is 12.3. The third-order valence-corrected chi connectivity index (χ3v) is 0.936. The summed E-state index contributed by atoms with van der Waals surface area (Å²) in [7, 11) is 1.07. The van der Waals surface area contributed by atoms with Gasteiger partial charge in [-0.15, -0.1) is 0 Å². The topological polar surface area (TPSA) is 35.0 Å². The summed E-state index contributed by atoms with van der Waals surface area (Å²) in [4.78, 5) is 5.34. The van der Waals surface area contributed by atoms with Crippen LogP contribution in [-0.2, 0) is 0 Å². The molecule has 1 aromatic rings. The van der Waals surface area contributed by atoms with E-state index >= 15 is 0 Å². The molecule has 11 heavy (non-hydrogen) atoms. The number of halogens is 3. The zero-order chi connectivity index (χ0) is 8.43. The van der Waals surface area contributed by atoms with Gasteiger partial charge in [0.25, 0.3) is 23.7 Å². The van der Waals surface area contributed by atoms with Crippen LogP contribution in [0.2, 0.25) is 0 Å². The van der Waals surface area contributed by atoms with Gasteiger partial charge in [-0.2, -0.15) is 23.1 Å². The second kappa shape index (κ2) is 2.73. The quantitative estimate of drug-likeness (QED) is 0.618. The lowest BCUT2D eigenvalue weighted by molar-refractivity contribution is 0.328. The van der Waals surface area contributed by atoms with Crippen LogP contribution >= 0.6 is 0 Å². The van der Waals surface area contributed by atoms with E-state index in [2.05, 4.69) is 14.7 Å². The summed E-state index contributed by atoms with van der Waals surface area (Å²) < 4.78 is 40.8. The lowest BCUT2D eigenvalue weighted by Gasteiger charge is -1.98. The largest absolute Gasteiger partial charge is 0.478 e. The number of methoxy groups -OCH3 is 1. The Kier molecular flexibility index (Phi) is 1.93. The fourth-order valence-electron chi connectivity index (χ4n) is 0.491. The number of nitrogens with zero attached hydrogens (tertiary/aromatic N) is 2. The second-order valence-electron chi connectivity index (χ2n) is 1.61. The van der Waals surface area contributed by atoms with Gasteiger partial charge in [0, 0.05) is 0 Å². The highest BCUT2D eigenvalue weighted by Crippen LogP contribution is 2.11. The average molecular weight is 164 g/mol. The summed E-state index contributed by atoms with van der Waals surface area (Å²) in [6.07, 6.45) is 0. The fraction of sp³-hybridized carbons (Fsp3) is 0.200. The van der Waals surface area contributed by atoms with Crippen LogP contribution < -0.4 is 4.74 Å². The van der Waals surface area contributed by atoms with Gasteiger partial charge < -0.3 is 4.74 Å². The van der Waals surface area contributed by atoms with Gasteiger partial charge in [0.2, 0.25) is 0 Å². The highest BCUT2D eigenvalue weighted by atomic mass is 19.2. The lowest BCUT2D eigenvalue weighted by atomic mass is 10.7. The van der Waals surface area contributed by atoms with Crippen molar-refractivity contribution in [2.24, 2.45) is 0 Å². The van der Waals surface area contributed by atoms with Crippen molar-refractivity contribution in [3.63, 3.8) is 0 Å². The number of ether oxygens (including phenoxy) is 1. The van der Waals surface area contributed by atoms with E-state index in [0.717, 1.165) is 7.11 Å². The van der Waals surface area contributed by atoms with Crippen molar-refractivity contribution < 1.29 is 17.9 Å². The molecule has 0 spiro atoms. The van der Waals surface area contributed by atoms with Crippen LogP contribution in [0.3, 0.4) is 0 Å².